The molecule has 1 aliphatic rings. The second kappa shape index (κ2) is 4.16. The number of rotatable bonds is 3. The zero-order valence-corrected chi connectivity index (χ0v) is 10.2. The van der Waals surface area contributed by atoms with Gasteiger partial charge in [-0.25, -0.2) is 0 Å². The molecule has 3 heteroatoms. The Morgan fingerprint density at radius 1 is 1.46 bits per heavy atom. The maximum absolute atomic E-state index is 5.81. The lowest BCUT2D eigenvalue weighted by Crippen LogP contribution is -2.17. The van der Waals surface area contributed by atoms with Crippen LogP contribution in [0.1, 0.15) is 6.92 Å². The van der Waals surface area contributed by atoms with Gasteiger partial charge in [-0.1, -0.05) is 13.2 Å². The van der Waals surface area contributed by atoms with Crippen molar-refractivity contribution in [2.24, 2.45) is 11.8 Å². The van der Waals surface area contributed by atoms with E-state index in [1.165, 1.54) is 13.1 Å². The monoisotopic (exact) mass is 203 g/mol. The van der Waals surface area contributed by atoms with Crippen molar-refractivity contribution < 1.29 is 4.52 Å². The highest BCUT2D eigenvalue weighted by atomic mass is 31.2. The minimum atomic E-state index is -1.28. The Hall–Kier alpha value is 0.220. The maximum atomic E-state index is 5.81. The van der Waals surface area contributed by atoms with Crippen molar-refractivity contribution in [1.29, 1.82) is 0 Å². The smallest absolute Gasteiger partial charge is 0.0550 e. The Bertz CT molecular complexity index is 211. The predicted octanol–water partition coefficient (Wildman–Crippen LogP) is 1.82. The summed E-state index contributed by atoms with van der Waals surface area (Å²) in [6.07, 6.45) is 4.05. The van der Waals surface area contributed by atoms with Gasteiger partial charge in [-0.2, -0.15) is 0 Å². The summed E-state index contributed by atoms with van der Waals surface area (Å²) in [5, 5.41) is 0. The number of likely N-dealkylation sites (tertiary alicyclic amines) is 1. The molecule has 1 heterocycles. The van der Waals surface area contributed by atoms with Crippen molar-refractivity contribution in [2.75, 3.05) is 40.1 Å². The van der Waals surface area contributed by atoms with Crippen LogP contribution in [0.3, 0.4) is 0 Å². The molecule has 13 heavy (non-hydrogen) atoms. The largest absolute Gasteiger partial charge is 0.362 e. The van der Waals surface area contributed by atoms with E-state index in [9.17, 15) is 0 Å². The molecule has 1 saturated heterocycles. The molecule has 0 N–H and O–H groups in total. The topological polar surface area (TPSA) is 12.5 Å². The highest BCUT2D eigenvalue weighted by Gasteiger charge is 2.27. The van der Waals surface area contributed by atoms with Crippen LogP contribution in [0.5, 0.6) is 0 Å². The van der Waals surface area contributed by atoms with Gasteiger partial charge >= 0.3 is 0 Å². The molecule has 78 valence electrons. The van der Waals surface area contributed by atoms with Crippen LogP contribution in [-0.4, -0.2) is 51.3 Å². The molecular formula is C10H22NOP. The summed E-state index contributed by atoms with van der Waals surface area (Å²) in [4.78, 5) is 2.38. The van der Waals surface area contributed by atoms with E-state index < -0.39 is 7.11 Å². The second-order valence-electron chi connectivity index (χ2n) is 4.83. The standard InChI is InChI=1S/C10H22NOP/c1-9-6-11(2)7-10(9)8-12-13(3,4)5/h9-10H,3,6-8H2,1-2,4-5H3. The molecule has 0 saturated carbocycles. The summed E-state index contributed by atoms with van der Waals surface area (Å²) in [5.41, 5.74) is 0. The molecule has 1 fully saturated rings. The fourth-order valence-corrected chi connectivity index (χ4v) is 2.41. The highest BCUT2D eigenvalue weighted by Crippen LogP contribution is 2.38. The third kappa shape index (κ3) is 3.84. The van der Waals surface area contributed by atoms with Crippen molar-refractivity contribution in [1.82, 2.24) is 4.90 Å². The van der Waals surface area contributed by atoms with Crippen molar-refractivity contribution in [3.8, 4) is 0 Å². The first-order valence-corrected chi connectivity index (χ1v) is 7.68. The Labute approximate surface area is 82.3 Å². The van der Waals surface area contributed by atoms with Crippen molar-refractivity contribution in [3.05, 3.63) is 0 Å². The molecule has 1 rings (SSSR count). The maximum Gasteiger partial charge on any atom is 0.0550 e. The van der Waals surface area contributed by atoms with Crippen LogP contribution >= 0.6 is 7.11 Å². The van der Waals surface area contributed by atoms with Crippen LogP contribution in [0.4, 0.5) is 0 Å². The second-order valence-corrected chi connectivity index (χ2v) is 8.23. The first-order valence-electron chi connectivity index (χ1n) is 4.90. The molecule has 0 aromatic heterocycles. The van der Waals surface area contributed by atoms with Crippen molar-refractivity contribution >= 4 is 13.4 Å². The first kappa shape index (κ1) is 11.3. The molecular weight excluding hydrogens is 181 g/mol. The average molecular weight is 203 g/mol. The van der Waals surface area contributed by atoms with Crippen LogP contribution in [0, 0.1) is 11.8 Å². The summed E-state index contributed by atoms with van der Waals surface area (Å²) >= 11 is 0. The molecule has 0 bridgehead atoms. The number of nitrogens with zero attached hydrogens (tertiary/aromatic N) is 1. The lowest BCUT2D eigenvalue weighted by atomic mass is 10.00. The lowest BCUT2D eigenvalue weighted by Gasteiger charge is -2.19. The minimum Gasteiger partial charge on any atom is -0.362 e. The van der Waals surface area contributed by atoms with E-state index >= 15 is 0 Å². The molecule has 1 aliphatic heterocycles. The van der Waals surface area contributed by atoms with E-state index in [-0.39, 0.29) is 0 Å². The van der Waals surface area contributed by atoms with Gasteiger partial charge in [0.1, 0.15) is 0 Å². The molecule has 0 spiro atoms. The molecule has 0 amide bonds. The van der Waals surface area contributed by atoms with E-state index in [2.05, 4.69) is 38.5 Å². The van der Waals surface area contributed by atoms with Gasteiger partial charge < -0.3 is 9.42 Å². The van der Waals surface area contributed by atoms with Gasteiger partial charge in [0.15, 0.2) is 0 Å². The molecule has 0 aromatic carbocycles. The van der Waals surface area contributed by atoms with Gasteiger partial charge in [0.05, 0.1) is 6.61 Å². The number of hydrogen-bond donors (Lipinski definition) is 0. The van der Waals surface area contributed by atoms with Crippen molar-refractivity contribution in [3.63, 3.8) is 0 Å². The molecule has 2 nitrogen and oxygen atoms in total. The van der Waals surface area contributed by atoms with Crippen LogP contribution < -0.4 is 0 Å². The van der Waals surface area contributed by atoms with Gasteiger partial charge in [-0.15, -0.1) is 0 Å². The predicted molar refractivity (Wildman–Crippen MR) is 62.0 cm³/mol. The van der Waals surface area contributed by atoms with Gasteiger partial charge in [0.25, 0.3) is 0 Å². The van der Waals surface area contributed by atoms with Crippen LogP contribution in [0.15, 0.2) is 0 Å². The van der Waals surface area contributed by atoms with E-state index in [0.717, 1.165) is 12.5 Å². The fraction of sp³-hybridized carbons (Fsp3) is 0.900. The Morgan fingerprint density at radius 3 is 2.46 bits per heavy atom. The third-order valence-corrected chi connectivity index (χ3v) is 3.44. The van der Waals surface area contributed by atoms with Crippen LogP contribution in [-0.2, 0) is 4.52 Å². The Morgan fingerprint density at radius 2 is 2.08 bits per heavy atom. The zero-order valence-electron chi connectivity index (χ0n) is 9.29. The summed E-state index contributed by atoms with van der Waals surface area (Å²) < 4.78 is 5.81. The quantitative estimate of drug-likeness (QED) is 0.649. The zero-order chi connectivity index (χ0) is 10.1. The first-order chi connectivity index (χ1) is 5.88. The summed E-state index contributed by atoms with van der Waals surface area (Å²) in [6.45, 7) is 9.85. The van der Waals surface area contributed by atoms with Crippen LogP contribution in [0.25, 0.3) is 0 Å². The van der Waals surface area contributed by atoms with Gasteiger partial charge in [-0.3, -0.25) is 0 Å². The fourth-order valence-electron chi connectivity index (χ4n) is 1.81. The Balaban J connectivity index is 2.34. The normalized spacial score (nSPS) is 31.1. The molecule has 2 atom stereocenters. The van der Waals surface area contributed by atoms with Gasteiger partial charge in [0.2, 0.25) is 0 Å². The summed E-state index contributed by atoms with van der Waals surface area (Å²) in [5.74, 6) is 1.49. The molecule has 0 aliphatic carbocycles. The van der Waals surface area contributed by atoms with Gasteiger partial charge in [-0.05, 0) is 39.3 Å². The van der Waals surface area contributed by atoms with E-state index in [1.807, 2.05) is 0 Å². The third-order valence-electron chi connectivity index (χ3n) is 2.59. The minimum absolute atomic E-state index is 0.714. The lowest BCUT2D eigenvalue weighted by molar-refractivity contribution is 0.249. The average Bonchev–Trinajstić information content (AvgIpc) is 2.24. The SMILES string of the molecule is C=P(C)(C)OCC1CN(C)CC1C. The van der Waals surface area contributed by atoms with Crippen LogP contribution in [0.2, 0.25) is 0 Å². The van der Waals surface area contributed by atoms with Gasteiger partial charge in [0, 0.05) is 13.1 Å². The number of hydrogen-bond acceptors (Lipinski definition) is 2. The molecule has 0 radical (unpaired) electrons. The van der Waals surface area contributed by atoms with E-state index in [4.69, 9.17) is 4.52 Å². The Kier molecular flexibility index (Phi) is 3.62. The molecule has 0 aromatic rings. The summed E-state index contributed by atoms with van der Waals surface area (Å²) in [7, 11) is 0.899. The molecule has 2 unspecified atom stereocenters. The summed E-state index contributed by atoms with van der Waals surface area (Å²) in [6, 6.07) is 0. The van der Waals surface area contributed by atoms with E-state index in [0.29, 0.717) is 5.92 Å². The van der Waals surface area contributed by atoms with E-state index in [1.54, 1.807) is 0 Å². The highest BCUT2D eigenvalue weighted by molar-refractivity contribution is 7.67. The van der Waals surface area contributed by atoms with Crippen molar-refractivity contribution in [2.45, 2.75) is 6.92 Å².